The van der Waals surface area contributed by atoms with Gasteiger partial charge in [0.25, 0.3) is 0 Å². The Morgan fingerprint density at radius 3 is 1.93 bits per heavy atom. The lowest BCUT2D eigenvalue weighted by molar-refractivity contribution is -0.178. The number of fused-ring (bicyclic) bond motifs is 2. The van der Waals surface area contributed by atoms with Crippen molar-refractivity contribution >= 4 is 35.0 Å². The number of carboxylic acid groups (broad SMARTS) is 1. The molecule has 316 valence electrons. The maximum absolute atomic E-state index is 15.6. The number of esters is 1. The summed E-state index contributed by atoms with van der Waals surface area (Å²) >= 11 is 0. The SMILES string of the molecule is COC(=O)COc1ccc(/C(O)=C2\C(=O)[C@]3(CC=C(C)C)C[C@@H](C/C=C(\C)CCC=C(C)C)[C@](C)(CCC=C(C)C)[C@](CC=C(C)C)(C2=O)C3=O)cc1OCC(=O)O. The third-order valence-corrected chi connectivity index (χ3v) is 11.7. The lowest BCUT2D eigenvalue weighted by atomic mass is 9.37. The van der Waals surface area contributed by atoms with Gasteiger partial charge in [0.05, 0.1) is 12.5 Å². The Bertz CT molecular complexity index is 1940. The molecule has 10 heteroatoms. The molecule has 3 rings (SSSR count). The summed E-state index contributed by atoms with van der Waals surface area (Å²) in [6, 6.07) is 4.00. The van der Waals surface area contributed by atoms with Gasteiger partial charge < -0.3 is 24.4 Å². The van der Waals surface area contributed by atoms with Crippen LogP contribution in [0.1, 0.15) is 126 Å². The number of carbonyl (C=O) groups is 5. The Morgan fingerprint density at radius 2 is 1.34 bits per heavy atom. The van der Waals surface area contributed by atoms with E-state index in [4.69, 9.17) is 9.47 Å². The van der Waals surface area contributed by atoms with Crippen LogP contribution in [-0.4, -0.2) is 59.8 Å². The number of carbonyl (C=O) groups excluding carboxylic acids is 4. The topological polar surface area (TPSA) is 154 Å². The van der Waals surface area contributed by atoms with Crippen molar-refractivity contribution < 1.29 is 48.4 Å². The minimum Gasteiger partial charge on any atom is -0.506 e. The summed E-state index contributed by atoms with van der Waals surface area (Å²) in [6.45, 7) is 18.6. The predicted molar refractivity (Wildman–Crippen MR) is 227 cm³/mol. The third-order valence-electron chi connectivity index (χ3n) is 11.7. The van der Waals surface area contributed by atoms with Gasteiger partial charge in [0, 0.05) is 5.56 Å². The van der Waals surface area contributed by atoms with E-state index in [1.807, 2.05) is 60.6 Å². The highest BCUT2D eigenvalue weighted by Gasteiger charge is 2.74. The van der Waals surface area contributed by atoms with Gasteiger partial charge in [-0.05, 0) is 143 Å². The first-order valence-corrected chi connectivity index (χ1v) is 20.1. The number of aliphatic hydroxyl groups is 1. The number of aliphatic carboxylic acids is 1. The number of methoxy groups -OCH3 is 1. The Kier molecular flexibility index (Phi) is 16.4. The highest BCUT2D eigenvalue weighted by Crippen LogP contribution is 2.67. The highest BCUT2D eigenvalue weighted by atomic mass is 16.6. The molecule has 58 heavy (non-hydrogen) atoms. The summed E-state index contributed by atoms with van der Waals surface area (Å²) in [5.74, 6) is -4.92. The minimum absolute atomic E-state index is 0.0256. The molecule has 2 fully saturated rings. The first-order valence-electron chi connectivity index (χ1n) is 20.1. The minimum atomic E-state index is -1.72. The summed E-state index contributed by atoms with van der Waals surface area (Å²) in [6.07, 6.45) is 14.0. The van der Waals surface area contributed by atoms with Crippen LogP contribution in [0.4, 0.5) is 0 Å². The van der Waals surface area contributed by atoms with Gasteiger partial charge in [-0.25, -0.2) is 9.59 Å². The van der Waals surface area contributed by atoms with Crippen LogP contribution >= 0.6 is 0 Å². The normalized spacial score (nSPS) is 23.7. The molecule has 0 spiro atoms. The van der Waals surface area contributed by atoms with Crippen LogP contribution in [0.2, 0.25) is 0 Å². The fourth-order valence-corrected chi connectivity index (χ4v) is 8.33. The fraction of sp³-hybridized carbons (Fsp3) is 0.521. The molecule has 1 aromatic carbocycles. The van der Waals surface area contributed by atoms with Crippen LogP contribution in [-0.2, 0) is 28.7 Å². The van der Waals surface area contributed by atoms with Crippen molar-refractivity contribution in [2.45, 2.75) is 121 Å². The number of ketones is 3. The fourth-order valence-electron chi connectivity index (χ4n) is 8.33. The van der Waals surface area contributed by atoms with Crippen molar-refractivity contribution in [2.24, 2.45) is 22.2 Å². The molecule has 0 aliphatic heterocycles. The van der Waals surface area contributed by atoms with Crippen molar-refractivity contribution in [2.75, 3.05) is 20.3 Å². The molecule has 2 aliphatic rings. The summed E-state index contributed by atoms with van der Waals surface area (Å²) in [4.78, 5) is 69.9. The van der Waals surface area contributed by atoms with Crippen LogP contribution in [0.25, 0.3) is 5.76 Å². The van der Waals surface area contributed by atoms with Crippen LogP contribution in [0.3, 0.4) is 0 Å². The van der Waals surface area contributed by atoms with E-state index in [1.54, 1.807) is 0 Å². The van der Waals surface area contributed by atoms with Crippen LogP contribution < -0.4 is 9.47 Å². The van der Waals surface area contributed by atoms with E-state index in [0.29, 0.717) is 19.3 Å². The summed E-state index contributed by atoms with van der Waals surface area (Å²) in [5, 5.41) is 21.6. The quantitative estimate of drug-likeness (QED) is 0.0345. The molecule has 2 N–H and O–H groups in total. The van der Waals surface area contributed by atoms with Gasteiger partial charge >= 0.3 is 11.9 Å². The highest BCUT2D eigenvalue weighted by molar-refractivity contribution is 6.41. The summed E-state index contributed by atoms with van der Waals surface area (Å²) in [5.41, 5.74) is 0.557. The molecular formula is C48H64O10. The maximum atomic E-state index is 15.6. The number of benzene rings is 1. The van der Waals surface area contributed by atoms with E-state index in [-0.39, 0.29) is 42.2 Å². The van der Waals surface area contributed by atoms with Gasteiger partial charge in [0.15, 0.2) is 42.1 Å². The second-order valence-corrected chi connectivity index (χ2v) is 17.1. The van der Waals surface area contributed by atoms with E-state index in [1.165, 1.54) is 36.5 Å². The zero-order valence-corrected chi connectivity index (χ0v) is 36.4. The molecule has 2 saturated carbocycles. The van der Waals surface area contributed by atoms with Gasteiger partial charge in [0.2, 0.25) is 0 Å². The maximum Gasteiger partial charge on any atom is 0.343 e. The first-order chi connectivity index (χ1) is 27.2. The van der Waals surface area contributed by atoms with E-state index < -0.39 is 70.1 Å². The Hall–Kier alpha value is -4.99. The van der Waals surface area contributed by atoms with E-state index in [9.17, 15) is 19.8 Å². The molecular weight excluding hydrogens is 737 g/mol. The van der Waals surface area contributed by atoms with Gasteiger partial charge in [-0.1, -0.05) is 65.2 Å². The monoisotopic (exact) mass is 800 g/mol. The average molecular weight is 801 g/mol. The molecule has 0 saturated heterocycles. The molecule has 0 amide bonds. The Morgan fingerprint density at radius 1 is 0.759 bits per heavy atom. The zero-order chi connectivity index (χ0) is 43.6. The molecule has 2 bridgehead atoms. The second-order valence-electron chi connectivity index (χ2n) is 17.1. The molecule has 10 nitrogen and oxygen atoms in total. The number of hydrogen-bond acceptors (Lipinski definition) is 9. The van der Waals surface area contributed by atoms with Crippen molar-refractivity contribution in [1.29, 1.82) is 0 Å². The Balaban J connectivity index is 2.44. The number of hydrogen-bond donors (Lipinski definition) is 2. The largest absolute Gasteiger partial charge is 0.506 e. The molecule has 1 aromatic rings. The van der Waals surface area contributed by atoms with Crippen molar-refractivity contribution in [3.63, 3.8) is 0 Å². The first kappa shape index (κ1) is 47.4. The third kappa shape index (κ3) is 10.5. The molecule has 0 heterocycles. The second kappa shape index (κ2) is 20.1. The number of ether oxygens (including phenoxy) is 3. The smallest absolute Gasteiger partial charge is 0.343 e. The van der Waals surface area contributed by atoms with E-state index in [2.05, 4.69) is 43.7 Å². The molecule has 0 aromatic heterocycles. The average Bonchev–Trinajstić information content (AvgIpc) is 3.14. The standard InChI is InChI=1S/C48H64O10/c1-30(2)14-12-16-34(9)17-19-36-27-47(24-21-32(5)6)43(53)41(42(52)35-18-20-37(58-29-40(51)56-11)38(26-35)57-28-39(49)50)44(54)48(45(47)55,25-22-33(7)8)46(36,10)23-13-15-31(3)4/h14-15,17-18,20-22,26,36,52H,12-13,16,19,23-25,27-29H2,1-11H3,(H,49,50)/b34-17+,42-41-/t36-,46+,47+,48-/m1/s1. The number of rotatable bonds is 19. The molecule has 0 radical (unpaired) electrons. The van der Waals surface area contributed by atoms with Gasteiger partial charge in [-0.2, -0.15) is 0 Å². The van der Waals surface area contributed by atoms with E-state index >= 15 is 14.4 Å². The number of allylic oxidation sites excluding steroid dienone is 11. The van der Waals surface area contributed by atoms with Gasteiger partial charge in [-0.3, -0.25) is 14.4 Å². The summed E-state index contributed by atoms with van der Waals surface area (Å²) < 4.78 is 15.7. The lowest BCUT2D eigenvalue weighted by Gasteiger charge is -2.61. The van der Waals surface area contributed by atoms with Crippen LogP contribution in [0.15, 0.2) is 82.0 Å². The van der Waals surface area contributed by atoms with Crippen molar-refractivity contribution in [3.05, 3.63) is 87.6 Å². The van der Waals surface area contributed by atoms with Crippen molar-refractivity contribution in [1.82, 2.24) is 0 Å². The summed E-state index contributed by atoms with van der Waals surface area (Å²) in [7, 11) is 1.19. The molecule has 4 atom stereocenters. The van der Waals surface area contributed by atoms with Crippen molar-refractivity contribution in [3.8, 4) is 11.5 Å². The Labute approximate surface area is 344 Å². The van der Waals surface area contributed by atoms with Gasteiger partial charge in [-0.15, -0.1) is 0 Å². The number of Topliss-reactive ketones (excluding diaryl/α,β-unsaturated/α-hetero) is 3. The van der Waals surface area contributed by atoms with Crippen LogP contribution in [0.5, 0.6) is 11.5 Å². The predicted octanol–water partition coefficient (Wildman–Crippen LogP) is 10.2. The molecule has 0 unspecified atom stereocenters. The zero-order valence-electron chi connectivity index (χ0n) is 36.4. The molecule has 2 aliphatic carbocycles. The lowest BCUT2D eigenvalue weighted by Crippen LogP contribution is -2.70. The van der Waals surface area contributed by atoms with E-state index in [0.717, 1.165) is 29.6 Å². The number of carboxylic acids is 1. The van der Waals surface area contributed by atoms with Gasteiger partial charge in [0.1, 0.15) is 16.7 Å². The van der Waals surface area contributed by atoms with Crippen LogP contribution in [0, 0.1) is 22.2 Å². The number of aliphatic hydroxyl groups excluding tert-OH is 1.